The molecule has 1 amide bonds. The van der Waals surface area contributed by atoms with Crippen LogP contribution in [-0.4, -0.2) is 29.4 Å². The number of rotatable bonds is 4. The van der Waals surface area contributed by atoms with Gasteiger partial charge in [-0.1, -0.05) is 13.8 Å². The van der Waals surface area contributed by atoms with Crippen LogP contribution in [0.15, 0.2) is 18.5 Å². The molecule has 0 saturated heterocycles. The molecular weight excluding hydrogens is 214 g/mol. The van der Waals surface area contributed by atoms with E-state index >= 15 is 0 Å². The van der Waals surface area contributed by atoms with E-state index in [1.54, 1.807) is 18.0 Å². The fraction of sp³-hybridized carbons (Fsp3) is 0.462. The Bertz CT molecular complexity index is 435. The smallest absolute Gasteiger partial charge is 0.256 e. The molecule has 0 aliphatic heterocycles. The predicted octanol–water partition coefficient (Wildman–Crippen LogP) is 2.07. The first-order valence-corrected chi connectivity index (χ1v) is 5.65. The molecule has 0 unspecified atom stereocenters. The second kappa shape index (κ2) is 6.00. The molecule has 0 radical (unpaired) electrons. The maximum absolute atomic E-state index is 12.1. The molecule has 4 heteroatoms. The fourth-order valence-corrected chi connectivity index (χ4v) is 1.42. The molecule has 1 heterocycles. The summed E-state index contributed by atoms with van der Waals surface area (Å²) >= 11 is 0. The van der Waals surface area contributed by atoms with Crippen LogP contribution in [0.4, 0.5) is 0 Å². The lowest BCUT2D eigenvalue weighted by atomic mass is 10.1. The van der Waals surface area contributed by atoms with Gasteiger partial charge in [-0.2, -0.15) is 5.26 Å². The van der Waals surface area contributed by atoms with E-state index in [1.165, 1.54) is 12.4 Å². The van der Waals surface area contributed by atoms with Gasteiger partial charge < -0.3 is 4.90 Å². The molecule has 1 rings (SSSR count). The van der Waals surface area contributed by atoms with Crippen molar-refractivity contribution in [2.75, 3.05) is 13.6 Å². The number of nitriles is 1. The van der Waals surface area contributed by atoms with Gasteiger partial charge in [-0.3, -0.25) is 9.78 Å². The van der Waals surface area contributed by atoms with Crippen LogP contribution in [0.25, 0.3) is 0 Å². The monoisotopic (exact) mass is 231 g/mol. The second-order valence-corrected chi connectivity index (χ2v) is 4.44. The van der Waals surface area contributed by atoms with Crippen molar-refractivity contribution in [1.82, 2.24) is 9.88 Å². The summed E-state index contributed by atoms with van der Waals surface area (Å²) in [6, 6.07) is 3.57. The van der Waals surface area contributed by atoms with E-state index in [0.29, 0.717) is 23.6 Å². The number of hydrogen-bond donors (Lipinski definition) is 0. The molecule has 0 spiro atoms. The van der Waals surface area contributed by atoms with Crippen molar-refractivity contribution in [2.45, 2.75) is 20.3 Å². The van der Waals surface area contributed by atoms with Crippen LogP contribution in [-0.2, 0) is 0 Å². The van der Waals surface area contributed by atoms with Crippen molar-refractivity contribution in [3.63, 3.8) is 0 Å². The van der Waals surface area contributed by atoms with Gasteiger partial charge in [-0.05, 0) is 18.4 Å². The first kappa shape index (κ1) is 13.2. The molecule has 0 atom stereocenters. The molecule has 17 heavy (non-hydrogen) atoms. The third-order valence-electron chi connectivity index (χ3n) is 2.56. The topological polar surface area (TPSA) is 57.0 Å². The lowest BCUT2D eigenvalue weighted by Crippen LogP contribution is -2.29. The van der Waals surface area contributed by atoms with E-state index in [-0.39, 0.29) is 5.91 Å². The molecule has 0 N–H and O–H groups in total. The molecule has 90 valence electrons. The Balaban J connectivity index is 2.79. The zero-order chi connectivity index (χ0) is 12.8. The number of nitrogens with zero attached hydrogens (tertiary/aromatic N) is 3. The largest absolute Gasteiger partial charge is 0.342 e. The molecule has 1 aromatic rings. The van der Waals surface area contributed by atoms with Gasteiger partial charge in [0, 0.05) is 26.0 Å². The number of carbonyl (C=O) groups is 1. The minimum absolute atomic E-state index is 0.143. The highest BCUT2D eigenvalue weighted by molar-refractivity contribution is 5.96. The number of carbonyl (C=O) groups excluding carboxylic acids is 1. The van der Waals surface area contributed by atoms with E-state index in [0.717, 1.165) is 6.42 Å². The van der Waals surface area contributed by atoms with Crippen molar-refractivity contribution < 1.29 is 4.79 Å². The first-order valence-electron chi connectivity index (χ1n) is 5.65. The Kier molecular flexibility index (Phi) is 4.65. The normalized spacial score (nSPS) is 10.1. The van der Waals surface area contributed by atoms with Crippen molar-refractivity contribution in [1.29, 1.82) is 5.26 Å². The summed E-state index contributed by atoms with van der Waals surface area (Å²) in [6.45, 7) is 4.92. The highest BCUT2D eigenvalue weighted by atomic mass is 16.2. The third kappa shape index (κ3) is 3.56. The van der Waals surface area contributed by atoms with Gasteiger partial charge in [0.25, 0.3) is 5.91 Å². The van der Waals surface area contributed by atoms with Crippen LogP contribution in [0.5, 0.6) is 0 Å². The Hall–Kier alpha value is -1.89. The maximum Gasteiger partial charge on any atom is 0.256 e. The molecule has 0 aliphatic rings. The summed E-state index contributed by atoms with van der Waals surface area (Å²) in [5.74, 6) is 0.407. The van der Waals surface area contributed by atoms with Crippen LogP contribution >= 0.6 is 0 Å². The van der Waals surface area contributed by atoms with Crippen LogP contribution in [0.3, 0.4) is 0 Å². The molecule has 0 aromatic carbocycles. The van der Waals surface area contributed by atoms with Gasteiger partial charge >= 0.3 is 0 Å². The van der Waals surface area contributed by atoms with Crippen molar-refractivity contribution >= 4 is 5.91 Å². The quantitative estimate of drug-likeness (QED) is 0.797. The van der Waals surface area contributed by atoms with Gasteiger partial charge in [-0.15, -0.1) is 0 Å². The van der Waals surface area contributed by atoms with Gasteiger partial charge in [-0.25, -0.2) is 0 Å². The summed E-state index contributed by atoms with van der Waals surface area (Å²) in [6.07, 6.45) is 3.92. The Morgan fingerprint density at radius 3 is 2.88 bits per heavy atom. The maximum atomic E-state index is 12.1. The summed E-state index contributed by atoms with van der Waals surface area (Å²) < 4.78 is 0. The number of amides is 1. The standard InChI is InChI=1S/C13H17N3O/c1-10(2)5-7-16(3)13(17)12-9-15-6-4-11(12)8-14/h4,6,9-10H,5,7H2,1-3H3. The van der Waals surface area contributed by atoms with Crippen LogP contribution in [0.1, 0.15) is 36.2 Å². The van der Waals surface area contributed by atoms with Gasteiger partial charge in [0.15, 0.2) is 0 Å². The van der Waals surface area contributed by atoms with E-state index in [9.17, 15) is 4.79 Å². The molecule has 0 saturated carbocycles. The lowest BCUT2D eigenvalue weighted by Gasteiger charge is -2.18. The Morgan fingerprint density at radius 2 is 2.29 bits per heavy atom. The summed E-state index contributed by atoms with van der Waals surface area (Å²) in [7, 11) is 1.75. The van der Waals surface area contributed by atoms with Crippen molar-refractivity contribution in [3.8, 4) is 6.07 Å². The number of pyridine rings is 1. The Morgan fingerprint density at radius 1 is 1.59 bits per heavy atom. The molecule has 1 aromatic heterocycles. The highest BCUT2D eigenvalue weighted by Crippen LogP contribution is 2.10. The molecule has 0 bridgehead atoms. The van der Waals surface area contributed by atoms with Crippen LogP contribution < -0.4 is 0 Å². The van der Waals surface area contributed by atoms with E-state index in [2.05, 4.69) is 18.8 Å². The van der Waals surface area contributed by atoms with Gasteiger partial charge in [0.2, 0.25) is 0 Å². The molecular formula is C13H17N3O. The van der Waals surface area contributed by atoms with E-state index in [4.69, 9.17) is 5.26 Å². The minimum Gasteiger partial charge on any atom is -0.342 e. The van der Waals surface area contributed by atoms with Crippen LogP contribution in [0.2, 0.25) is 0 Å². The SMILES string of the molecule is CC(C)CCN(C)C(=O)c1cnccc1C#N. The Labute approximate surface area is 102 Å². The summed E-state index contributed by atoms with van der Waals surface area (Å²) in [4.78, 5) is 17.6. The van der Waals surface area contributed by atoms with E-state index < -0.39 is 0 Å². The summed E-state index contributed by atoms with van der Waals surface area (Å²) in [5, 5.41) is 8.92. The predicted molar refractivity (Wildman–Crippen MR) is 65.4 cm³/mol. The third-order valence-corrected chi connectivity index (χ3v) is 2.56. The average molecular weight is 231 g/mol. The highest BCUT2D eigenvalue weighted by Gasteiger charge is 2.15. The number of aromatic nitrogens is 1. The minimum atomic E-state index is -0.143. The average Bonchev–Trinajstić information content (AvgIpc) is 2.34. The van der Waals surface area contributed by atoms with Crippen LogP contribution in [0, 0.1) is 17.2 Å². The fourth-order valence-electron chi connectivity index (χ4n) is 1.42. The zero-order valence-corrected chi connectivity index (χ0v) is 10.5. The lowest BCUT2D eigenvalue weighted by molar-refractivity contribution is 0.0788. The molecule has 0 fully saturated rings. The molecule has 0 aliphatic carbocycles. The van der Waals surface area contributed by atoms with Gasteiger partial charge in [0.1, 0.15) is 6.07 Å². The summed E-state index contributed by atoms with van der Waals surface area (Å²) in [5.41, 5.74) is 0.752. The van der Waals surface area contributed by atoms with Crippen molar-refractivity contribution in [2.24, 2.45) is 5.92 Å². The van der Waals surface area contributed by atoms with Gasteiger partial charge in [0.05, 0.1) is 11.1 Å². The first-order chi connectivity index (χ1) is 8.06. The van der Waals surface area contributed by atoms with Crippen molar-refractivity contribution in [3.05, 3.63) is 29.6 Å². The second-order valence-electron chi connectivity index (χ2n) is 4.44. The number of hydrogen-bond acceptors (Lipinski definition) is 3. The molecule has 4 nitrogen and oxygen atoms in total. The zero-order valence-electron chi connectivity index (χ0n) is 10.5. The van der Waals surface area contributed by atoms with E-state index in [1.807, 2.05) is 6.07 Å².